The third-order valence-corrected chi connectivity index (χ3v) is 5.21. The van der Waals surface area contributed by atoms with Gasteiger partial charge in [0.25, 0.3) is 0 Å². The molecule has 5 nitrogen and oxygen atoms in total. The zero-order valence-electron chi connectivity index (χ0n) is 14.3. The number of likely N-dealkylation sites (tertiary alicyclic amines) is 1. The molecule has 1 saturated heterocycles. The summed E-state index contributed by atoms with van der Waals surface area (Å²) in [6.45, 7) is 2.91. The number of aromatic nitrogens is 3. The number of nitrogens with zero attached hydrogens (tertiary/aromatic N) is 4. The van der Waals surface area contributed by atoms with Crippen molar-refractivity contribution in [1.82, 2.24) is 19.5 Å². The maximum atomic E-state index is 10.6. The molecule has 3 heterocycles. The molecule has 1 aliphatic heterocycles. The van der Waals surface area contributed by atoms with E-state index in [1.807, 2.05) is 47.4 Å². The van der Waals surface area contributed by atoms with E-state index in [1.165, 1.54) is 11.1 Å². The van der Waals surface area contributed by atoms with E-state index >= 15 is 0 Å². The number of hydrogen-bond donors (Lipinski definition) is 1. The van der Waals surface area contributed by atoms with Gasteiger partial charge in [-0.1, -0.05) is 30.3 Å². The first kappa shape index (κ1) is 16.2. The number of aliphatic hydroxyl groups excluding tert-OH is 1. The summed E-state index contributed by atoms with van der Waals surface area (Å²) in [7, 11) is 0. The van der Waals surface area contributed by atoms with Gasteiger partial charge in [0.15, 0.2) is 5.65 Å². The minimum atomic E-state index is -0.247. The van der Waals surface area contributed by atoms with Crippen LogP contribution < -0.4 is 0 Å². The van der Waals surface area contributed by atoms with Crippen molar-refractivity contribution in [2.45, 2.75) is 31.9 Å². The molecule has 0 aliphatic carbocycles. The second kappa shape index (κ2) is 7.33. The number of rotatable bonds is 5. The molecule has 1 aliphatic rings. The van der Waals surface area contributed by atoms with E-state index in [1.54, 1.807) is 0 Å². The predicted octanol–water partition coefficient (Wildman–Crippen LogP) is 2.54. The molecule has 1 aromatic carbocycles. The zero-order chi connectivity index (χ0) is 17.1. The molecule has 5 heteroatoms. The summed E-state index contributed by atoms with van der Waals surface area (Å²) in [5.41, 5.74) is 3.33. The van der Waals surface area contributed by atoms with Gasteiger partial charge in [-0.2, -0.15) is 5.10 Å². The van der Waals surface area contributed by atoms with Gasteiger partial charge in [-0.25, -0.2) is 9.50 Å². The van der Waals surface area contributed by atoms with Gasteiger partial charge in [0.2, 0.25) is 0 Å². The SMILES string of the molecule is O[C@H](Cc1ccccc1)C1CCN(Cc2cnn3cccnc23)CC1. The van der Waals surface area contributed by atoms with Gasteiger partial charge in [-0.3, -0.25) is 4.90 Å². The van der Waals surface area contributed by atoms with Crippen LogP contribution in [-0.4, -0.2) is 43.8 Å². The molecule has 130 valence electrons. The van der Waals surface area contributed by atoms with Crippen molar-refractivity contribution in [2.24, 2.45) is 5.92 Å². The molecule has 2 aromatic heterocycles. The summed E-state index contributed by atoms with van der Waals surface area (Å²) in [6.07, 6.45) is 8.25. The Bertz CT molecular complexity index is 809. The predicted molar refractivity (Wildman–Crippen MR) is 97.1 cm³/mol. The van der Waals surface area contributed by atoms with E-state index in [9.17, 15) is 5.11 Å². The Morgan fingerprint density at radius 1 is 1.12 bits per heavy atom. The van der Waals surface area contributed by atoms with Gasteiger partial charge < -0.3 is 5.11 Å². The second-order valence-corrected chi connectivity index (χ2v) is 6.93. The van der Waals surface area contributed by atoms with E-state index in [2.05, 4.69) is 27.1 Å². The van der Waals surface area contributed by atoms with E-state index in [0.717, 1.165) is 44.5 Å². The second-order valence-electron chi connectivity index (χ2n) is 6.93. The fraction of sp³-hybridized carbons (Fsp3) is 0.400. The molecule has 0 amide bonds. The monoisotopic (exact) mass is 336 g/mol. The average Bonchev–Trinajstić information content (AvgIpc) is 3.06. The number of fused-ring (bicyclic) bond motifs is 1. The molecule has 0 spiro atoms. The van der Waals surface area contributed by atoms with Crippen molar-refractivity contribution in [3.8, 4) is 0 Å². The van der Waals surface area contributed by atoms with Crippen LogP contribution in [0.15, 0.2) is 55.0 Å². The Morgan fingerprint density at radius 2 is 1.92 bits per heavy atom. The minimum absolute atomic E-state index is 0.247. The molecule has 0 radical (unpaired) electrons. The highest BCUT2D eigenvalue weighted by Crippen LogP contribution is 2.24. The quantitative estimate of drug-likeness (QED) is 0.778. The van der Waals surface area contributed by atoms with E-state index in [4.69, 9.17) is 0 Å². The maximum Gasteiger partial charge on any atom is 0.159 e. The molecule has 1 fully saturated rings. The van der Waals surface area contributed by atoms with Crippen LogP contribution in [0.5, 0.6) is 0 Å². The largest absolute Gasteiger partial charge is 0.392 e. The lowest BCUT2D eigenvalue weighted by atomic mass is 9.88. The van der Waals surface area contributed by atoms with Gasteiger partial charge in [0.05, 0.1) is 12.3 Å². The van der Waals surface area contributed by atoms with E-state index in [-0.39, 0.29) is 6.10 Å². The van der Waals surface area contributed by atoms with Crippen molar-refractivity contribution >= 4 is 5.65 Å². The van der Waals surface area contributed by atoms with Crippen molar-refractivity contribution < 1.29 is 5.11 Å². The minimum Gasteiger partial charge on any atom is -0.392 e. The van der Waals surface area contributed by atoms with Crippen molar-refractivity contribution in [2.75, 3.05) is 13.1 Å². The third-order valence-electron chi connectivity index (χ3n) is 5.21. The highest BCUT2D eigenvalue weighted by molar-refractivity contribution is 5.45. The molecule has 1 atom stereocenters. The number of piperidine rings is 1. The Morgan fingerprint density at radius 3 is 2.72 bits per heavy atom. The smallest absolute Gasteiger partial charge is 0.159 e. The number of hydrogen-bond acceptors (Lipinski definition) is 4. The normalized spacial score (nSPS) is 17.8. The zero-order valence-corrected chi connectivity index (χ0v) is 14.3. The van der Waals surface area contributed by atoms with Crippen LogP contribution in [0.1, 0.15) is 24.0 Å². The standard InChI is InChI=1S/C20H24N4O/c25-19(13-16-5-2-1-3-6-16)17-7-11-23(12-8-17)15-18-14-22-24-10-4-9-21-20(18)24/h1-6,9-10,14,17,19,25H,7-8,11-13,15H2/t19-/m1/s1. The van der Waals surface area contributed by atoms with Crippen molar-refractivity contribution in [1.29, 1.82) is 0 Å². The van der Waals surface area contributed by atoms with Crippen LogP contribution in [0.25, 0.3) is 5.65 Å². The summed E-state index contributed by atoms with van der Waals surface area (Å²) < 4.78 is 1.83. The summed E-state index contributed by atoms with van der Waals surface area (Å²) in [5.74, 6) is 0.387. The highest BCUT2D eigenvalue weighted by atomic mass is 16.3. The maximum absolute atomic E-state index is 10.6. The van der Waals surface area contributed by atoms with Crippen LogP contribution in [0, 0.1) is 5.92 Å². The van der Waals surface area contributed by atoms with Gasteiger partial charge in [0.1, 0.15) is 0 Å². The molecule has 0 unspecified atom stereocenters. The summed E-state index contributed by atoms with van der Waals surface area (Å²) in [5, 5.41) is 14.9. The molecular weight excluding hydrogens is 312 g/mol. The van der Waals surface area contributed by atoms with Gasteiger partial charge in [-0.05, 0) is 49.9 Å². The third kappa shape index (κ3) is 3.72. The van der Waals surface area contributed by atoms with Gasteiger partial charge in [-0.15, -0.1) is 0 Å². The Balaban J connectivity index is 1.32. The lowest BCUT2D eigenvalue weighted by molar-refractivity contribution is 0.0577. The molecule has 25 heavy (non-hydrogen) atoms. The summed E-state index contributed by atoms with van der Waals surface area (Å²) in [6, 6.07) is 12.2. The molecule has 1 N–H and O–H groups in total. The van der Waals surface area contributed by atoms with Crippen molar-refractivity contribution in [3.63, 3.8) is 0 Å². The highest BCUT2D eigenvalue weighted by Gasteiger charge is 2.25. The van der Waals surface area contributed by atoms with Crippen molar-refractivity contribution in [3.05, 3.63) is 66.1 Å². The first-order valence-corrected chi connectivity index (χ1v) is 9.01. The molecule has 3 aromatic rings. The Kier molecular flexibility index (Phi) is 4.76. The van der Waals surface area contributed by atoms with Crippen LogP contribution in [0.2, 0.25) is 0 Å². The van der Waals surface area contributed by atoms with Gasteiger partial charge in [0, 0.05) is 24.5 Å². The van der Waals surface area contributed by atoms with Gasteiger partial charge >= 0.3 is 0 Å². The van der Waals surface area contributed by atoms with Crippen LogP contribution >= 0.6 is 0 Å². The van der Waals surface area contributed by atoms with E-state index < -0.39 is 0 Å². The fourth-order valence-electron chi connectivity index (χ4n) is 3.75. The number of aliphatic hydroxyl groups is 1. The first-order valence-electron chi connectivity index (χ1n) is 9.01. The average molecular weight is 336 g/mol. The van der Waals surface area contributed by atoms with Crippen LogP contribution in [0.4, 0.5) is 0 Å². The van der Waals surface area contributed by atoms with Crippen LogP contribution in [0.3, 0.4) is 0 Å². The summed E-state index contributed by atoms with van der Waals surface area (Å²) >= 11 is 0. The lowest BCUT2D eigenvalue weighted by Gasteiger charge is -2.34. The van der Waals surface area contributed by atoms with Crippen LogP contribution in [-0.2, 0) is 13.0 Å². The first-order chi connectivity index (χ1) is 12.3. The summed E-state index contributed by atoms with van der Waals surface area (Å²) in [4.78, 5) is 6.87. The topological polar surface area (TPSA) is 53.7 Å². The Labute approximate surface area is 147 Å². The molecule has 0 bridgehead atoms. The Hall–Kier alpha value is -2.24. The molecule has 4 rings (SSSR count). The van der Waals surface area contributed by atoms with E-state index in [0.29, 0.717) is 5.92 Å². The molecule has 0 saturated carbocycles. The molecular formula is C20H24N4O. The number of benzene rings is 1. The fourth-order valence-corrected chi connectivity index (χ4v) is 3.75. The lowest BCUT2D eigenvalue weighted by Crippen LogP contribution is -2.38.